The quantitative estimate of drug-likeness (QED) is 0.265. The Kier molecular flexibility index (Phi) is 9.84. The van der Waals surface area contributed by atoms with Gasteiger partial charge >= 0.3 is 6.09 Å². The minimum Gasteiger partial charge on any atom is -0.446 e. The lowest BCUT2D eigenvalue weighted by Crippen LogP contribution is -2.54. The maximum Gasteiger partial charge on any atom is 0.407 e. The number of amides is 1. The molecule has 4 aliphatic rings. The fourth-order valence-corrected chi connectivity index (χ4v) is 9.02. The van der Waals surface area contributed by atoms with E-state index in [1.54, 1.807) is 0 Å². The van der Waals surface area contributed by atoms with Crippen molar-refractivity contribution in [3.05, 3.63) is 11.6 Å². The van der Waals surface area contributed by atoms with Crippen LogP contribution in [0.1, 0.15) is 137 Å². The maximum atomic E-state index is 12.7. The van der Waals surface area contributed by atoms with Gasteiger partial charge in [-0.2, -0.15) is 0 Å². The summed E-state index contributed by atoms with van der Waals surface area (Å²) in [5.74, 6) is 2.90. The van der Waals surface area contributed by atoms with Gasteiger partial charge in [0.1, 0.15) is 6.10 Å². The van der Waals surface area contributed by atoms with Gasteiger partial charge in [-0.15, -0.1) is 0 Å². The van der Waals surface area contributed by atoms with Crippen molar-refractivity contribution in [3.63, 3.8) is 0 Å². The molecule has 1 N–H and O–H groups in total. The van der Waals surface area contributed by atoms with E-state index in [-0.39, 0.29) is 23.0 Å². The van der Waals surface area contributed by atoms with Crippen LogP contribution in [0.3, 0.4) is 0 Å². The molecule has 0 aliphatic heterocycles. The number of alkyl carbamates (subject to hydrolysis) is 1. The van der Waals surface area contributed by atoms with Crippen molar-refractivity contribution in [1.29, 1.82) is 0 Å². The zero-order valence-electron chi connectivity index (χ0n) is 24.4. The van der Waals surface area contributed by atoms with Gasteiger partial charge in [0.25, 0.3) is 0 Å². The normalized spacial score (nSPS) is 36.8. The molecule has 4 heteroatoms. The molecule has 0 heterocycles. The van der Waals surface area contributed by atoms with Crippen LogP contribution in [-0.2, 0) is 9.53 Å². The highest BCUT2D eigenvalue weighted by Crippen LogP contribution is 2.66. The number of nitrogens with one attached hydrogen (secondary N) is 1. The molecule has 0 aromatic rings. The third-order valence-electron chi connectivity index (χ3n) is 11.3. The van der Waals surface area contributed by atoms with Gasteiger partial charge in [-0.3, -0.25) is 4.79 Å². The number of carbonyl (C=O) groups is 2. The van der Waals surface area contributed by atoms with Crippen molar-refractivity contribution in [3.8, 4) is 0 Å². The van der Waals surface area contributed by atoms with E-state index in [2.05, 4.69) is 33.0 Å². The lowest BCUT2D eigenvalue weighted by atomic mass is 9.45. The molecule has 3 saturated carbocycles. The summed E-state index contributed by atoms with van der Waals surface area (Å²) in [5.41, 5.74) is 1.71. The second-order valence-electron chi connectivity index (χ2n) is 13.6. The summed E-state index contributed by atoms with van der Waals surface area (Å²) in [6.07, 6.45) is 22.2. The predicted octanol–water partition coefficient (Wildman–Crippen LogP) is 8.78. The van der Waals surface area contributed by atoms with Gasteiger partial charge in [-0.05, 0) is 80.1 Å². The van der Waals surface area contributed by atoms with E-state index in [9.17, 15) is 9.59 Å². The van der Waals surface area contributed by atoms with Gasteiger partial charge in [0.2, 0.25) is 0 Å². The summed E-state index contributed by atoms with van der Waals surface area (Å²) < 4.78 is 6.13. The van der Waals surface area contributed by atoms with E-state index in [4.69, 9.17) is 4.74 Å². The lowest BCUT2D eigenvalue weighted by molar-refractivity contribution is -0.119. The first kappa shape index (κ1) is 28.7. The van der Waals surface area contributed by atoms with E-state index < -0.39 is 0 Å². The molecule has 4 aliphatic carbocycles. The van der Waals surface area contributed by atoms with Crippen LogP contribution in [-0.4, -0.2) is 24.5 Å². The van der Waals surface area contributed by atoms with Crippen molar-refractivity contribution >= 4 is 11.9 Å². The van der Waals surface area contributed by atoms with E-state index in [1.807, 2.05) is 6.08 Å². The third-order valence-corrected chi connectivity index (χ3v) is 11.3. The Morgan fingerprint density at radius 1 is 0.946 bits per heavy atom. The zero-order valence-corrected chi connectivity index (χ0v) is 24.4. The van der Waals surface area contributed by atoms with Crippen molar-refractivity contribution in [1.82, 2.24) is 5.32 Å². The number of hydrogen-bond acceptors (Lipinski definition) is 3. The molecule has 4 rings (SSSR count). The number of allylic oxidation sites excluding steroid dienone is 1. The zero-order chi connectivity index (χ0) is 26.5. The van der Waals surface area contributed by atoms with E-state index in [1.165, 1.54) is 76.2 Å². The topological polar surface area (TPSA) is 55.4 Å². The molecular weight excluding hydrogens is 458 g/mol. The largest absolute Gasteiger partial charge is 0.446 e. The minimum atomic E-state index is -0.204. The Bertz CT molecular complexity index is 820. The molecule has 3 fully saturated rings. The summed E-state index contributed by atoms with van der Waals surface area (Å²) in [4.78, 5) is 24.9. The van der Waals surface area contributed by atoms with Gasteiger partial charge in [0.05, 0.1) is 0 Å². The molecule has 0 spiro atoms. The highest BCUT2D eigenvalue weighted by molar-refractivity contribution is 5.91. The molecule has 0 aromatic heterocycles. The smallest absolute Gasteiger partial charge is 0.407 e. The van der Waals surface area contributed by atoms with Crippen LogP contribution in [0.25, 0.3) is 0 Å². The van der Waals surface area contributed by atoms with Gasteiger partial charge in [0, 0.05) is 18.4 Å². The first-order valence-electron chi connectivity index (χ1n) is 16.0. The van der Waals surface area contributed by atoms with Crippen LogP contribution >= 0.6 is 0 Å². The standard InChI is InChI=1S/C33H55NO3/c1-5-6-7-8-9-10-11-12-13-14-21-34-31(36)37-29-16-15-27-30-24(2)22-25-23-26(35)17-19-32(25,3)28(30)18-20-33(27,29)4/h23-24,27-30H,5-22H2,1-4H3,(H,34,36)/t24-,27?,28?,29+,30?,32+,33+/m1/s1. The van der Waals surface area contributed by atoms with E-state index in [0.717, 1.165) is 38.6 Å². The van der Waals surface area contributed by atoms with Crippen molar-refractivity contribution in [2.24, 2.45) is 34.5 Å². The molecule has 1 amide bonds. The number of carbonyl (C=O) groups excluding carboxylic acids is 2. The van der Waals surface area contributed by atoms with Crippen molar-refractivity contribution in [2.75, 3.05) is 6.54 Å². The Balaban J connectivity index is 1.21. The minimum absolute atomic E-state index is 0.0380. The first-order valence-corrected chi connectivity index (χ1v) is 16.0. The second-order valence-corrected chi connectivity index (χ2v) is 13.6. The molecular formula is C33H55NO3. The Labute approximate surface area is 227 Å². The number of ether oxygens (including phenoxy) is 1. The molecule has 0 bridgehead atoms. The van der Waals surface area contributed by atoms with E-state index >= 15 is 0 Å². The summed E-state index contributed by atoms with van der Waals surface area (Å²) in [6, 6.07) is 0. The monoisotopic (exact) mass is 513 g/mol. The number of hydrogen-bond donors (Lipinski definition) is 1. The molecule has 4 nitrogen and oxygen atoms in total. The highest BCUT2D eigenvalue weighted by Gasteiger charge is 2.61. The van der Waals surface area contributed by atoms with Gasteiger partial charge in [-0.1, -0.05) is 91.1 Å². The lowest BCUT2D eigenvalue weighted by Gasteiger charge is -2.59. The average Bonchev–Trinajstić information content (AvgIpc) is 3.19. The summed E-state index contributed by atoms with van der Waals surface area (Å²) in [6.45, 7) is 10.3. The van der Waals surface area contributed by atoms with Crippen LogP contribution < -0.4 is 5.32 Å². The van der Waals surface area contributed by atoms with Crippen LogP contribution in [0.5, 0.6) is 0 Å². The molecule has 0 saturated heterocycles. The van der Waals surface area contributed by atoms with Crippen LogP contribution in [0.2, 0.25) is 0 Å². The molecule has 7 atom stereocenters. The molecule has 0 radical (unpaired) electrons. The molecule has 0 aromatic carbocycles. The fraction of sp³-hybridized carbons (Fsp3) is 0.879. The molecule has 37 heavy (non-hydrogen) atoms. The van der Waals surface area contributed by atoms with Crippen LogP contribution in [0, 0.1) is 34.5 Å². The summed E-state index contributed by atoms with van der Waals surface area (Å²) >= 11 is 0. The first-order chi connectivity index (χ1) is 17.8. The predicted molar refractivity (Wildman–Crippen MR) is 151 cm³/mol. The maximum absolute atomic E-state index is 12.7. The Morgan fingerprint density at radius 3 is 2.32 bits per heavy atom. The number of fused-ring (bicyclic) bond motifs is 5. The number of unbranched alkanes of at least 4 members (excludes halogenated alkanes) is 9. The number of ketones is 1. The van der Waals surface area contributed by atoms with Crippen molar-refractivity contribution < 1.29 is 14.3 Å². The number of rotatable bonds is 12. The highest BCUT2D eigenvalue weighted by atomic mass is 16.6. The van der Waals surface area contributed by atoms with Crippen molar-refractivity contribution in [2.45, 2.75) is 143 Å². The summed E-state index contributed by atoms with van der Waals surface area (Å²) in [5, 5.41) is 3.06. The third kappa shape index (κ3) is 6.30. The van der Waals surface area contributed by atoms with E-state index in [0.29, 0.717) is 35.9 Å². The second kappa shape index (κ2) is 12.7. The fourth-order valence-electron chi connectivity index (χ4n) is 9.02. The SMILES string of the molecule is CCCCCCCCCCCCNC(=O)O[C@H]1CCC2C3C(CC[C@@]21C)[C@@]1(C)CCC(=O)C=C1C[C@H]3C. The molecule has 3 unspecified atom stereocenters. The Morgan fingerprint density at radius 2 is 1.62 bits per heavy atom. The van der Waals surface area contributed by atoms with Crippen LogP contribution in [0.15, 0.2) is 11.6 Å². The average molecular weight is 514 g/mol. The van der Waals surface area contributed by atoms with Crippen LogP contribution in [0.4, 0.5) is 4.79 Å². The van der Waals surface area contributed by atoms with Gasteiger partial charge < -0.3 is 10.1 Å². The Hall–Kier alpha value is -1.32. The molecule has 210 valence electrons. The van der Waals surface area contributed by atoms with Gasteiger partial charge in [-0.25, -0.2) is 4.79 Å². The summed E-state index contributed by atoms with van der Waals surface area (Å²) in [7, 11) is 0. The van der Waals surface area contributed by atoms with Gasteiger partial charge in [0.15, 0.2) is 5.78 Å².